The molecule has 0 fully saturated rings. The number of hydrogen-bond donors (Lipinski definition) is 0. The molecule has 4 nitrogen and oxygen atoms in total. The molecule has 2 heterocycles. The highest BCUT2D eigenvalue weighted by Gasteiger charge is 2.12. The van der Waals surface area contributed by atoms with Crippen LogP contribution in [-0.4, -0.2) is 19.9 Å². The highest BCUT2D eigenvalue weighted by molar-refractivity contribution is 5.80. The molecule has 2 aromatic heterocycles. The van der Waals surface area contributed by atoms with Crippen molar-refractivity contribution in [2.75, 3.05) is 0 Å². The lowest BCUT2D eigenvalue weighted by atomic mass is 9.96. The van der Waals surface area contributed by atoms with Gasteiger partial charge in [-0.15, -0.1) is 0 Å². The van der Waals surface area contributed by atoms with Crippen molar-refractivity contribution in [2.24, 2.45) is 0 Å². The van der Waals surface area contributed by atoms with Gasteiger partial charge < -0.3 is 0 Å². The SMILES string of the molecule is Cc1nc(-c2ccc(-c3ccncc3)cc2)nc(-c2cc(-c3ccccc3)cc(-c3ccccc3)c2)n1. The van der Waals surface area contributed by atoms with E-state index in [1.807, 2.05) is 31.2 Å². The van der Waals surface area contributed by atoms with Gasteiger partial charge in [0.2, 0.25) is 0 Å². The van der Waals surface area contributed by atoms with Crippen LogP contribution in [0.15, 0.2) is 128 Å². The van der Waals surface area contributed by atoms with Crippen molar-refractivity contribution in [1.29, 1.82) is 0 Å². The molecule has 0 N–H and O–H groups in total. The first-order valence-corrected chi connectivity index (χ1v) is 12.2. The van der Waals surface area contributed by atoms with Crippen molar-refractivity contribution >= 4 is 0 Å². The third kappa shape index (κ3) is 4.91. The minimum atomic E-state index is 0.662. The van der Waals surface area contributed by atoms with Crippen molar-refractivity contribution < 1.29 is 0 Å². The molecule has 0 aliphatic rings. The third-order valence-electron chi connectivity index (χ3n) is 6.31. The highest BCUT2D eigenvalue weighted by Crippen LogP contribution is 2.32. The van der Waals surface area contributed by atoms with E-state index in [1.54, 1.807) is 12.4 Å². The summed E-state index contributed by atoms with van der Waals surface area (Å²) in [6.45, 7) is 1.92. The zero-order valence-electron chi connectivity index (χ0n) is 20.4. The molecular formula is C33H24N4. The Hall–Kier alpha value is -4.96. The van der Waals surface area contributed by atoms with Gasteiger partial charge in [-0.25, -0.2) is 15.0 Å². The number of hydrogen-bond acceptors (Lipinski definition) is 4. The second kappa shape index (κ2) is 9.96. The van der Waals surface area contributed by atoms with Crippen LogP contribution in [0.2, 0.25) is 0 Å². The van der Waals surface area contributed by atoms with Crippen LogP contribution >= 0.6 is 0 Å². The number of pyridine rings is 1. The minimum absolute atomic E-state index is 0.662. The van der Waals surface area contributed by atoms with Crippen LogP contribution in [0.1, 0.15) is 5.82 Å². The molecule has 0 bridgehead atoms. The summed E-state index contributed by atoms with van der Waals surface area (Å²) in [5.74, 6) is 2.01. The lowest BCUT2D eigenvalue weighted by molar-refractivity contribution is 0.992. The number of aromatic nitrogens is 4. The maximum atomic E-state index is 4.91. The number of aryl methyl sites for hydroxylation is 1. The Bertz CT molecular complexity index is 1590. The smallest absolute Gasteiger partial charge is 0.163 e. The standard InChI is InChI=1S/C33H24N4/c1-23-35-32(28-14-12-26(13-15-28)27-16-18-34-19-17-27)37-33(36-23)31-21-29(24-8-4-2-5-9-24)20-30(22-31)25-10-6-3-7-11-25/h2-22H,1H3. The molecule has 0 unspecified atom stereocenters. The highest BCUT2D eigenvalue weighted by atomic mass is 15.0. The Morgan fingerprint density at radius 3 is 1.38 bits per heavy atom. The topological polar surface area (TPSA) is 51.6 Å². The molecule has 0 atom stereocenters. The molecule has 4 aromatic carbocycles. The van der Waals surface area contributed by atoms with Crippen LogP contribution in [0.25, 0.3) is 56.2 Å². The molecule has 0 saturated heterocycles. The zero-order chi connectivity index (χ0) is 25.0. The monoisotopic (exact) mass is 476 g/mol. The quantitative estimate of drug-likeness (QED) is 0.254. The van der Waals surface area contributed by atoms with Crippen LogP contribution in [0.3, 0.4) is 0 Å². The van der Waals surface area contributed by atoms with E-state index in [-0.39, 0.29) is 0 Å². The number of nitrogens with zero attached hydrogens (tertiary/aromatic N) is 4. The molecule has 6 aromatic rings. The van der Waals surface area contributed by atoms with Gasteiger partial charge in [0.05, 0.1) is 0 Å². The van der Waals surface area contributed by atoms with Gasteiger partial charge >= 0.3 is 0 Å². The first-order chi connectivity index (χ1) is 18.2. The van der Waals surface area contributed by atoms with Crippen LogP contribution < -0.4 is 0 Å². The van der Waals surface area contributed by atoms with Gasteiger partial charge in [0.1, 0.15) is 5.82 Å². The molecule has 0 radical (unpaired) electrons. The molecule has 0 spiro atoms. The zero-order valence-corrected chi connectivity index (χ0v) is 20.4. The van der Waals surface area contributed by atoms with E-state index in [1.165, 1.54) is 0 Å². The van der Waals surface area contributed by atoms with E-state index < -0.39 is 0 Å². The van der Waals surface area contributed by atoms with Crippen LogP contribution in [0.5, 0.6) is 0 Å². The summed E-state index contributed by atoms with van der Waals surface area (Å²) in [5.41, 5.74) is 8.71. The van der Waals surface area contributed by atoms with Gasteiger partial charge in [0, 0.05) is 23.5 Å². The van der Waals surface area contributed by atoms with Crippen LogP contribution in [0, 0.1) is 6.92 Å². The summed E-state index contributed by atoms with van der Waals surface area (Å²) in [7, 11) is 0. The van der Waals surface area contributed by atoms with Crippen molar-refractivity contribution in [3.8, 4) is 56.2 Å². The molecule has 37 heavy (non-hydrogen) atoms. The normalized spacial score (nSPS) is 10.8. The van der Waals surface area contributed by atoms with Crippen LogP contribution in [-0.2, 0) is 0 Å². The first-order valence-electron chi connectivity index (χ1n) is 12.2. The van der Waals surface area contributed by atoms with E-state index in [0.29, 0.717) is 17.5 Å². The minimum Gasteiger partial charge on any atom is -0.265 e. The molecule has 176 valence electrons. The van der Waals surface area contributed by atoms with E-state index >= 15 is 0 Å². The van der Waals surface area contributed by atoms with Crippen molar-refractivity contribution in [3.05, 3.63) is 133 Å². The number of benzene rings is 4. The van der Waals surface area contributed by atoms with Gasteiger partial charge in [-0.3, -0.25) is 4.98 Å². The summed E-state index contributed by atoms with van der Waals surface area (Å²) in [5, 5.41) is 0. The Balaban J connectivity index is 1.44. The lowest BCUT2D eigenvalue weighted by Gasteiger charge is -2.12. The molecule has 0 aliphatic heterocycles. The Labute approximate surface area is 216 Å². The second-order valence-corrected chi connectivity index (χ2v) is 8.87. The van der Waals surface area contributed by atoms with Crippen LogP contribution in [0.4, 0.5) is 0 Å². The maximum Gasteiger partial charge on any atom is 0.163 e. The van der Waals surface area contributed by atoms with Crippen molar-refractivity contribution in [2.45, 2.75) is 6.92 Å². The van der Waals surface area contributed by atoms with E-state index in [4.69, 9.17) is 9.97 Å². The molecule has 4 heteroatoms. The second-order valence-electron chi connectivity index (χ2n) is 8.87. The summed E-state index contributed by atoms with van der Waals surface area (Å²) >= 11 is 0. The van der Waals surface area contributed by atoms with Gasteiger partial charge in [-0.2, -0.15) is 0 Å². The average molecular weight is 477 g/mol. The van der Waals surface area contributed by atoms with Gasteiger partial charge in [0.15, 0.2) is 11.6 Å². The Morgan fingerprint density at radius 1 is 0.378 bits per heavy atom. The molecule has 0 saturated carbocycles. The fourth-order valence-corrected chi connectivity index (χ4v) is 4.45. The predicted molar refractivity (Wildman–Crippen MR) is 150 cm³/mol. The summed E-state index contributed by atoms with van der Waals surface area (Å²) in [6, 6.07) is 39.7. The number of rotatable bonds is 5. The Morgan fingerprint density at radius 2 is 0.811 bits per heavy atom. The van der Waals surface area contributed by atoms with E-state index in [0.717, 1.165) is 44.5 Å². The maximum absolute atomic E-state index is 4.91. The third-order valence-corrected chi connectivity index (χ3v) is 6.31. The summed E-state index contributed by atoms with van der Waals surface area (Å²) in [6.07, 6.45) is 3.61. The average Bonchev–Trinajstić information content (AvgIpc) is 2.98. The fourth-order valence-electron chi connectivity index (χ4n) is 4.45. The first kappa shape index (κ1) is 22.5. The largest absolute Gasteiger partial charge is 0.265 e. The van der Waals surface area contributed by atoms with Crippen molar-refractivity contribution in [3.63, 3.8) is 0 Å². The lowest BCUT2D eigenvalue weighted by Crippen LogP contribution is -2.00. The molecule has 6 rings (SSSR count). The van der Waals surface area contributed by atoms with E-state index in [2.05, 4.69) is 101 Å². The van der Waals surface area contributed by atoms with E-state index in [9.17, 15) is 0 Å². The van der Waals surface area contributed by atoms with Crippen molar-refractivity contribution in [1.82, 2.24) is 19.9 Å². The summed E-state index contributed by atoms with van der Waals surface area (Å²) < 4.78 is 0. The Kier molecular flexibility index (Phi) is 6.05. The molecule has 0 aliphatic carbocycles. The molecular weight excluding hydrogens is 452 g/mol. The van der Waals surface area contributed by atoms with Gasteiger partial charge in [0.25, 0.3) is 0 Å². The molecule has 0 amide bonds. The summed E-state index contributed by atoms with van der Waals surface area (Å²) in [4.78, 5) is 18.4. The van der Waals surface area contributed by atoms with Gasteiger partial charge in [-0.05, 0) is 70.6 Å². The fraction of sp³-hybridized carbons (Fsp3) is 0.0303. The van der Waals surface area contributed by atoms with Gasteiger partial charge in [-0.1, -0.05) is 84.9 Å². The predicted octanol–water partition coefficient (Wildman–Crippen LogP) is 7.91.